The van der Waals surface area contributed by atoms with E-state index < -0.39 is 15.6 Å². The molecule has 2 aromatic rings. The van der Waals surface area contributed by atoms with Crippen LogP contribution in [-0.2, 0) is 16.4 Å². The lowest BCUT2D eigenvalue weighted by atomic mass is 9.99. The van der Waals surface area contributed by atoms with Gasteiger partial charge in [0.15, 0.2) is 9.84 Å². The summed E-state index contributed by atoms with van der Waals surface area (Å²) in [5, 5.41) is 5.75. The van der Waals surface area contributed by atoms with Crippen LogP contribution in [-0.4, -0.2) is 36.8 Å². The molecule has 8 heteroatoms. The van der Waals surface area contributed by atoms with Gasteiger partial charge in [0, 0.05) is 31.1 Å². The number of anilines is 1. The smallest absolute Gasteiger partial charge is 0.277 e. The number of H-pyrrole nitrogens is 1. The number of carbonyl (C=O) groups excluding carboxylic acids is 1. The van der Waals surface area contributed by atoms with Gasteiger partial charge in [-0.1, -0.05) is 0 Å². The number of aromatic nitrogens is 2. The van der Waals surface area contributed by atoms with Crippen LogP contribution in [0.2, 0.25) is 0 Å². The fourth-order valence-corrected chi connectivity index (χ4v) is 3.50. The molecule has 1 aromatic heterocycles. The molecule has 0 amide bonds. The summed E-state index contributed by atoms with van der Waals surface area (Å²) in [7, 11) is -3.44. The molecule has 0 aliphatic rings. The molecule has 2 N–H and O–H groups in total. The second kappa shape index (κ2) is 6.64. The van der Waals surface area contributed by atoms with Crippen molar-refractivity contribution in [2.45, 2.75) is 32.2 Å². The lowest BCUT2D eigenvalue weighted by Crippen LogP contribution is -2.22. The maximum absolute atomic E-state index is 12.7. The van der Waals surface area contributed by atoms with Gasteiger partial charge in [-0.25, -0.2) is 8.42 Å². The van der Waals surface area contributed by atoms with E-state index in [0.717, 1.165) is 6.26 Å². The van der Waals surface area contributed by atoms with Crippen molar-refractivity contribution in [2.75, 3.05) is 18.1 Å². The number of aryl methyl sites for hydroxylation is 1. The molecule has 0 saturated carbocycles. The molecule has 0 spiro atoms. The van der Waals surface area contributed by atoms with Gasteiger partial charge >= 0.3 is 0 Å². The molecule has 0 atom stereocenters. The summed E-state index contributed by atoms with van der Waals surface area (Å²) in [6.07, 6.45) is 2.50. The molecule has 0 bridgehead atoms. The van der Waals surface area contributed by atoms with Crippen LogP contribution in [0.3, 0.4) is 0 Å². The van der Waals surface area contributed by atoms with Crippen molar-refractivity contribution in [2.24, 2.45) is 0 Å². The summed E-state index contributed by atoms with van der Waals surface area (Å²) in [5.74, 6) is -0.430. The Morgan fingerprint density at radius 3 is 2.42 bits per heavy atom. The number of hydrogen-bond donors (Lipinski definition) is 2. The monoisotopic (exact) mass is 351 g/mol. The van der Waals surface area contributed by atoms with Gasteiger partial charge < -0.3 is 10.4 Å². The fraction of sp³-hybridized carbons (Fsp3) is 0.375. The van der Waals surface area contributed by atoms with Crippen molar-refractivity contribution in [3.05, 3.63) is 45.4 Å². The molecule has 0 aliphatic heterocycles. The molecular formula is C16H21N3O4S. The van der Waals surface area contributed by atoms with Gasteiger partial charge in [-0.3, -0.25) is 14.3 Å². The van der Waals surface area contributed by atoms with E-state index in [1.807, 2.05) is 6.92 Å². The summed E-state index contributed by atoms with van der Waals surface area (Å²) in [5.41, 5.74) is 0.858. The molecule has 0 fully saturated rings. The van der Waals surface area contributed by atoms with Crippen LogP contribution in [0.4, 0.5) is 5.69 Å². The van der Waals surface area contributed by atoms with Gasteiger partial charge in [0.05, 0.1) is 10.6 Å². The van der Waals surface area contributed by atoms with Crippen LogP contribution in [0, 0.1) is 6.92 Å². The first kappa shape index (κ1) is 18.0. The normalized spacial score (nSPS) is 11.5. The van der Waals surface area contributed by atoms with Crippen LogP contribution in [0.5, 0.6) is 0 Å². The molecule has 0 saturated heterocycles. The number of rotatable bonds is 6. The first-order valence-electron chi connectivity index (χ1n) is 7.62. The highest BCUT2D eigenvalue weighted by Gasteiger charge is 2.23. The van der Waals surface area contributed by atoms with Crippen LogP contribution in [0.15, 0.2) is 28.0 Å². The standard InChI is InChI=1S/C16H21N3O4S/c1-5-17-14-10(3)11(7-8-13(14)24(4,22)23)15(20)12-9-18-19(6-2)16(12)21/h7-9,17-18H,5-6H2,1-4H3. The lowest BCUT2D eigenvalue weighted by molar-refractivity contribution is 0.103. The zero-order valence-corrected chi connectivity index (χ0v) is 15.0. The number of hydrogen-bond acceptors (Lipinski definition) is 5. The molecule has 7 nitrogen and oxygen atoms in total. The fourth-order valence-electron chi connectivity index (χ4n) is 2.59. The maximum atomic E-state index is 12.7. The first-order valence-corrected chi connectivity index (χ1v) is 9.51. The van der Waals surface area contributed by atoms with E-state index in [1.54, 1.807) is 13.8 Å². The maximum Gasteiger partial charge on any atom is 0.277 e. The van der Waals surface area contributed by atoms with Gasteiger partial charge in [-0.2, -0.15) is 0 Å². The van der Waals surface area contributed by atoms with Crippen molar-refractivity contribution in [3.8, 4) is 0 Å². The van der Waals surface area contributed by atoms with Crippen LogP contribution in [0.1, 0.15) is 35.3 Å². The number of nitrogens with one attached hydrogen (secondary N) is 2. The first-order chi connectivity index (χ1) is 11.2. The second-order valence-electron chi connectivity index (χ2n) is 5.48. The zero-order chi connectivity index (χ0) is 18.1. The lowest BCUT2D eigenvalue weighted by Gasteiger charge is -2.15. The molecule has 0 radical (unpaired) electrons. The van der Waals surface area contributed by atoms with Gasteiger partial charge in [-0.15, -0.1) is 0 Å². The van der Waals surface area contributed by atoms with Crippen molar-refractivity contribution in [1.82, 2.24) is 9.78 Å². The molecule has 130 valence electrons. The number of carbonyl (C=O) groups is 1. The number of sulfone groups is 1. The Kier molecular flexibility index (Phi) is 4.98. The third-order valence-electron chi connectivity index (χ3n) is 3.83. The van der Waals surface area contributed by atoms with E-state index in [9.17, 15) is 18.0 Å². The highest BCUT2D eigenvalue weighted by molar-refractivity contribution is 7.90. The minimum Gasteiger partial charge on any atom is -0.384 e. The number of nitrogens with zero attached hydrogens (tertiary/aromatic N) is 1. The molecule has 1 heterocycles. The Hall–Kier alpha value is -2.35. The van der Waals surface area contributed by atoms with Crippen molar-refractivity contribution in [1.29, 1.82) is 0 Å². The summed E-state index contributed by atoms with van der Waals surface area (Å²) < 4.78 is 25.2. The average Bonchev–Trinajstić information content (AvgIpc) is 2.88. The third kappa shape index (κ3) is 3.14. The molecular weight excluding hydrogens is 330 g/mol. The Balaban J connectivity index is 2.63. The average molecular weight is 351 g/mol. The third-order valence-corrected chi connectivity index (χ3v) is 4.96. The topological polar surface area (TPSA) is 101 Å². The van der Waals surface area contributed by atoms with E-state index in [1.165, 1.54) is 23.0 Å². The highest BCUT2D eigenvalue weighted by Crippen LogP contribution is 2.29. The number of benzene rings is 1. The predicted molar refractivity (Wildman–Crippen MR) is 92.6 cm³/mol. The number of ketones is 1. The Labute approximate surface area is 140 Å². The quantitative estimate of drug-likeness (QED) is 0.769. The molecule has 2 rings (SSSR count). The second-order valence-corrected chi connectivity index (χ2v) is 7.46. The van der Waals surface area contributed by atoms with E-state index in [4.69, 9.17) is 0 Å². The van der Waals surface area contributed by atoms with E-state index in [-0.39, 0.29) is 16.0 Å². The molecule has 24 heavy (non-hydrogen) atoms. The molecule has 1 aromatic carbocycles. The van der Waals surface area contributed by atoms with Crippen LogP contribution < -0.4 is 10.9 Å². The van der Waals surface area contributed by atoms with Crippen molar-refractivity contribution >= 4 is 21.3 Å². The minimum absolute atomic E-state index is 0.0366. The predicted octanol–water partition coefficient (Wildman–Crippen LogP) is 1.57. The Morgan fingerprint density at radius 1 is 1.25 bits per heavy atom. The van der Waals surface area contributed by atoms with Gasteiger partial charge in [0.1, 0.15) is 5.56 Å². The SMILES string of the molecule is CCNc1c(S(C)(=O)=O)ccc(C(=O)c2c[nH]n(CC)c2=O)c1C. The van der Waals surface area contributed by atoms with Crippen molar-refractivity contribution in [3.63, 3.8) is 0 Å². The largest absolute Gasteiger partial charge is 0.384 e. The molecule has 0 unspecified atom stereocenters. The minimum atomic E-state index is -3.44. The van der Waals surface area contributed by atoms with E-state index in [2.05, 4.69) is 10.4 Å². The van der Waals surface area contributed by atoms with Crippen molar-refractivity contribution < 1.29 is 13.2 Å². The van der Waals surface area contributed by atoms with Crippen LogP contribution >= 0.6 is 0 Å². The highest BCUT2D eigenvalue weighted by atomic mass is 32.2. The van der Waals surface area contributed by atoms with Gasteiger partial charge in [0.25, 0.3) is 5.56 Å². The van der Waals surface area contributed by atoms with Gasteiger partial charge in [-0.05, 0) is 38.5 Å². The molecule has 0 aliphatic carbocycles. The van der Waals surface area contributed by atoms with E-state index in [0.29, 0.717) is 29.9 Å². The summed E-state index contributed by atoms with van der Waals surface area (Å²) >= 11 is 0. The van der Waals surface area contributed by atoms with E-state index >= 15 is 0 Å². The summed E-state index contributed by atoms with van der Waals surface area (Å²) in [6.45, 7) is 6.24. The Bertz CT molecular complexity index is 939. The Morgan fingerprint density at radius 2 is 1.92 bits per heavy atom. The summed E-state index contributed by atoms with van der Waals surface area (Å²) in [4.78, 5) is 25.0. The summed E-state index contributed by atoms with van der Waals surface area (Å²) in [6, 6.07) is 2.86. The van der Waals surface area contributed by atoms with Gasteiger partial charge in [0.2, 0.25) is 5.78 Å². The number of aromatic amines is 1. The van der Waals surface area contributed by atoms with Crippen LogP contribution in [0.25, 0.3) is 0 Å². The zero-order valence-electron chi connectivity index (χ0n) is 14.1.